The van der Waals surface area contributed by atoms with Crippen LogP contribution in [0.4, 0.5) is 0 Å². The summed E-state index contributed by atoms with van der Waals surface area (Å²) in [5.41, 5.74) is 10.7. The van der Waals surface area contributed by atoms with Gasteiger partial charge in [-0.1, -0.05) is 13.8 Å². The van der Waals surface area contributed by atoms with Gasteiger partial charge in [-0.15, -0.1) is 0 Å². The maximum atomic E-state index is 13.3. The molecule has 0 aromatic carbocycles. The van der Waals surface area contributed by atoms with Gasteiger partial charge in [-0.3, -0.25) is 33.6 Å². The van der Waals surface area contributed by atoms with Crippen molar-refractivity contribution in [2.75, 3.05) is 19.8 Å². The maximum Gasteiger partial charge on any atom is 0.328 e. The number of carbonyl (C=O) groups excluding carboxylic acids is 7. The Labute approximate surface area is 287 Å². The molecule has 0 bridgehead atoms. The molecular weight excluding hydrogens is 672 g/mol. The molecule has 0 saturated heterocycles. The molecule has 0 heterocycles. The van der Waals surface area contributed by atoms with Crippen molar-refractivity contribution in [2.45, 2.75) is 101 Å². The molecule has 0 spiro atoms. The molecule has 16 N–H and O–H groups in total. The fraction of sp³-hybridized carbons (Fsp3) is 0.714. The number of amides is 7. The molecule has 22 heteroatoms. The van der Waals surface area contributed by atoms with Crippen LogP contribution in [-0.4, -0.2) is 152 Å². The number of carbonyl (C=O) groups is 8. The lowest BCUT2D eigenvalue weighted by molar-refractivity contribution is -0.143. The lowest BCUT2D eigenvalue weighted by Gasteiger charge is -2.27. The van der Waals surface area contributed by atoms with Gasteiger partial charge in [-0.25, -0.2) is 4.79 Å². The minimum atomic E-state index is -1.79. The normalized spacial score (nSPS) is 16.5. The number of aliphatic hydroxyl groups excluding tert-OH is 5. The van der Waals surface area contributed by atoms with Crippen molar-refractivity contribution in [2.24, 2.45) is 17.4 Å². The van der Waals surface area contributed by atoms with E-state index in [-0.39, 0.29) is 18.8 Å². The fourth-order valence-corrected chi connectivity index (χ4v) is 4.06. The van der Waals surface area contributed by atoms with E-state index in [1.807, 2.05) is 5.32 Å². The van der Waals surface area contributed by atoms with Crippen molar-refractivity contribution in [1.82, 2.24) is 31.9 Å². The Kier molecular flexibility index (Phi) is 20.3. The lowest BCUT2D eigenvalue weighted by atomic mass is 10.0. The quantitative estimate of drug-likeness (QED) is 0.0466. The first-order valence-electron chi connectivity index (χ1n) is 15.5. The van der Waals surface area contributed by atoms with Crippen LogP contribution in [0.25, 0.3) is 0 Å². The van der Waals surface area contributed by atoms with Gasteiger partial charge >= 0.3 is 5.97 Å². The number of hydrogen-bond acceptors (Lipinski definition) is 14. The molecule has 0 fully saturated rings. The number of aliphatic carboxylic acids is 1. The van der Waals surface area contributed by atoms with Crippen LogP contribution in [0.15, 0.2) is 0 Å². The predicted octanol–water partition coefficient (Wildman–Crippen LogP) is -7.64. The largest absolute Gasteiger partial charge is 0.480 e. The molecule has 9 atom stereocenters. The second kappa shape index (κ2) is 22.3. The van der Waals surface area contributed by atoms with Gasteiger partial charge in [0.1, 0.15) is 42.3 Å². The Morgan fingerprint density at radius 1 is 0.560 bits per heavy atom. The van der Waals surface area contributed by atoms with Gasteiger partial charge in [0.25, 0.3) is 0 Å². The molecular formula is C28H50N8O14. The van der Waals surface area contributed by atoms with Crippen LogP contribution in [0.1, 0.15) is 47.0 Å². The zero-order chi connectivity index (χ0) is 38.9. The number of aliphatic hydroxyl groups is 5. The minimum Gasteiger partial charge on any atom is -0.480 e. The Hall–Kier alpha value is -4.48. The van der Waals surface area contributed by atoms with E-state index in [0.29, 0.717) is 0 Å². The molecule has 0 radical (unpaired) electrons. The van der Waals surface area contributed by atoms with E-state index in [2.05, 4.69) is 26.6 Å². The number of carboxylic acids is 1. The third kappa shape index (κ3) is 15.8. The third-order valence-electron chi connectivity index (χ3n) is 6.97. The van der Waals surface area contributed by atoms with Gasteiger partial charge in [-0.2, -0.15) is 0 Å². The highest BCUT2D eigenvalue weighted by molar-refractivity contribution is 5.97. The molecule has 286 valence electrons. The van der Waals surface area contributed by atoms with Gasteiger partial charge in [0.05, 0.1) is 32.0 Å². The maximum absolute atomic E-state index is 13.3. The van der Waals surface area contributed by atoms with E-state index >= 15 is 0 Å². The molecule has 0 aromatic heterocycles. The van der Waals surface area contributed by atoms with Crippen molar-refractivity contribution in [3.8, 4) is 0 Å². The van der Waals surface area contributed by atoms with Crippen LogP contribution in [0.2, 0.25) is 0 Å². The van der Waals surface area contributed by atoms with Gasteiger partial charge in [-0.05, 0) is 32.6 Å². The third-order valence-corrected chi connectivity index (χ3v) is 6.97. The van der Waals surface area contributed by atoms with Crippen molar-refractivity contribution in [3.05, 3.63) is 0 Å². The first-order chi connectivity index (χ1) is 23.2. The van der Waals surface area contributed by atoms with Crippen molar-refractivity contribution >= 4 is 47.3 Å². The van der Waals surface area contributed by atoms with Crippen LogP contribution in [0, 0.1) is 5.92 Å². The van der Waals surface area contributed by atoms with Crippen LogP contribution in [-0.2, 0) is 38.4 Å². The van der Waals surface area contributed by atoms with E-state index < -0.39 is 128 Å². The predicted molar refractivity (Wildman–Crippen MR) is 170 cm³/mol. The molecule has 0 aliphatic rings. The molecule has 0 aromatic rings. The zero-order valence-corrected chi connectivity index (χ0v) is 28.1. The average molecular weight is 723 g/mol. The van der Waals surface area contributed by atoms with Crippen molar-refractivity contribution in [1.29, 1.82) is 0 Å². The molecule has 0 aliphatic heterocycles. The summed E-state index contributed by atoms with van der Waals surface area (Å²) in [7, 11) is 0. The highest BCUT2D eigenvalue weighted by atomic mass is 16.4. The number of nitrogens with two attached hydrogens (primary N) is 2. The SMILES string of the molecule is CC(C)C[C@H](NC(=O)[C@H](CO)NC(=O)[C@H](CO)NC(=O)[C@@H](NC(=O)[C@@H](N)[C@@H](C)O)[C@@H](C)O)C(=O)N[C@@H](CCC(N)=O)C(=O)N[C@@H](CO)C(=O)O. The fourth-order valence-electron chi connectivity index (χ4n) is 4.06. The summed E-state index contributed by atoms with van der Waals surface area (Å²) in [4.78, 5) is 99.6. The first kappa shape index (κ1) is 45.5. The molecule has 7 amide bonds. The highest BCUT2D eigenvalue weighted by Crippen LogP contribution is 2.08. The van der Waals surface area contributed by atoms with Gasteiger partial charge < -0.3 is 74.0 Å². The topological polar surface area (TPSA) is 382 Å². The second-order valence-corrected chi connectivity index (χ2v) is 11.8. The zero-order valence-electron chi connectivity index (χ0n) is 28.1. The average Bonchev–Trinajstić information content (AvgIpc) is 3.03. The molecule has 0 rings (SSSR count). The lowest BCUT2D eigenvalue weighted by Crippen LogP contribution is -2.62. The summed E-state index contributed by atoms with van der Waals surface area (Å²) in [5.74, 6) is -9.31. The monoisotopic (exact) mass is 722 g/mol. The summed E-state index contributed by atoms with van der Waals surface area (Å²) in [6, 6.07) is -11.5. The number of nitrogens with one attached hydrogen (secondary N) is 6. The van der Waals surface area contributed by atoms with E-state index in [0.717, 1.165) is 6.92 Å². The number of carboxylic acid groups (broad SMARTS) is 1. The van der Waals surface area contributed by atoms with E-state index in [9.17, 15) is 63.9 Å². The Bertz CT molecular complexity index is 1200. The number of primary amides is 1. The van der Waals surface area contributed by atoms with E-state index in [1.54, 1.807) is 13.8 Å². The van der Waals surface area contributed by atoms with Gasteiger partial charge in [0, 0.05) is 6.42 Å². The summed E-state index contributed by atoms with van der Waals surface area (Å²) in [6.45, 7) is 2.57. The van der Waals surface area contributed by atoms with Crippen LogP contribution >= 0.6 is 0 Å². The standard InChI is InChI=1S/C28H50N8O14/c1-11(2)7-15(23(44)31-14(5-6-19(29)42)22(43)35-18(10-39)28(49)50)32-24(45)16(8-37)33-25(46)17(9-38)34-27(48)21(13(4)41)36-26(47)20(30)12(3)40/h11-18,20-21,37-41H,5-10,30H2,1-4H3,(H2,29,42)(H,31,44)(H,32,45)(H,33,46)(H,34,48)(H,35,43)(H,36,47)(H,49,50)/t12-,13-,14+,15+,16+,17+,18+,20+,21+/m1/s1. The Balaban J connectivity index is 5.87. The van der Waals surface area contributed by atoms with Crippen LogP contribution in [0.3, 0.4) is 0 Å². The first-order valence-corrected chi connectivity index (χ1v) is 15.5. The van der Waals surface area contributed by atoms with Crippen LogP contribution in [0.5, 0.6) is 0 Å². The van der Waals surface area contributed by atoms with E-state index in [4.69, 9.17) is 16.6 Å². The minimum absolute atomic E-state index is 0.0668. The number of hydrogen-bond donors (Lipinski definition) is 14. The molecule has 0 saturated carbocycles. The number of rotatable bonds is 23. The van der Waals surface area contributed by atoms with E-state index in [1.165, 1.54) is 6.92 Å². The van der Waals surface area contributed by atoms with Gasteiger partial charge in [0.2, 0.25) is 41.4 Å². The molecule has 50 heavy (non-hydrogen) atoms. The Morgan fingerprint density at radius 3 is 1.36 bits per heavy atom. The highest BCUT2D eigenvalue weighted by Gasteiger charge is 2.35. The van der Waals surface area contributed by atoms with Crippen molar-refractivity contribution < 1.29 is 69.0 Å². The molecule has 0 unspecified atom stereocenters. The molecule has 0 aliphatic carbocycles. The molecule has 22 nitrogen and oxygen atoms in total. The van der Waals surface area contributed by atoms with Crippen LogP contribution < -0.4 is 43.4 Å². The summed E-state index contributed by atoms with van der Waals surface area (Å²) < 4.78 is 0. The second-order valence-electron chi connectivity index (χ2n) is 11.8. The summed E-state index contributed by atoms with van der Waals surface area (Å²) >= 11 is 0. The van der Waals surface area contributed by atoms with Gasteiger partial charge in [0.15, 0.2) is 0 Å². The summed E-state index contributed by atoms with van der Waals surface area (Å²) in [6.07, 6.45) is -3.73. The Morgan fingerprint density at radius 2 is 0.960 bits per heavy atom. The smallest absolute Gasteiger partial charge is 0.328 e. The van der Waals surface area contributed by atoms with Crippen molar-refractivity contribution in [3.63, 3.8) is 0 Å². The summed E-state index contributed by atoms with van der Waals surface area (Å²) in [5, 5.41) is 70.3.